The minimum atomic E-state index is -0.629. The molecule has 2 spiro atoms. The number of likely N-dealkylation sites (tertiary alicyclic amines) is 1. The van der Waals surface area contributed by atoms with Crippen LogP contribution in [0.1, 0.15) is 128 Å². The van der Waals surface area contributed by atoms with Gasteiger partial charge in [0.25, 0.3) is 11.5 Å². The Hall–Kier alpha value is -4.54. The molecule has 288 valence electrons. The number of halogens is 1. The van der Waals surface area contributed by atoms with Crippen molar-refractivity contribution < 1.29 is 19.1 Å². The largest absolute Gasteiger partial charge is 0.492 e. The quantitative estimate of drug-likeness (QED) is 0.228. The van der Waals surface area contributed by atoms with E-state index in [0.29, 0.717) is 47.5 Å². The number of imide groups is 1. The summed E-state index contributed by atoms with van der Waals surface area (Å²) in [6.07, 6.45) is 12.8. The van der Waals surface area contributed by atoms with Gasteiger partial charge in [0.1, 0.15) is 17.6 Å². The zero-order valence-electron chi connectivity index (χ0n) is 31.6. The molecular weight excluding hydrogens is 726 g/mol. The van der Waals surface area contributed by atoms with E-state index in [1.807, 2.05) is 18.2 Å². The van der Waals surface area contributed by atoms with Crippen molar-refractivity contribution in [2.45, 2.75) is 119 Å². The third-order valence-electron chi connectivity index (χ3n) is 14.9. The lowest BCUT2D eigenvalue weighted by molar-refractivity contribution is -0.136. The van der Waals surface area contributed by atoms with E-state index in [4.69, 9.17) is 21.3 Å². The van der Waals surface area contributed by atoms with Crippen molar-refractivity contribution in [3.63, 3.8) is 0 Å². The molecule has 2 aliphatic carbocycles. The van der Waals surface area contributed by atoms with Crippen molar-refractivity contribution in [3.8, 4) is 11.4 Å². The summed E-state index contributed by atoms with van der Waals surface area (Å²) in [4.78, 5) is 60.4. The van der Waals surface area contributed by atoms with E-state index in [1.54, 1.807) is 11.0 Å². The van der Waals surface area contributed by atoms with E-state index in [2.05, 4.69) is 39.0 Å². The number of aromatic nitrogens is 2. The number of nitrogens with zero attached hydrogens (tertiary/aromatic N) is 4. The van der Waals surface area contributed by atoms with Gasteiger partial charge < -0.3 is 14.5 Å². The van der Waals surface area contributed by atoms with Crippen LogP contribution in [0.4, 0.5) is 0 Å². The van der Waals surface area contributed by atoms with E-state index in [9.17, 15) is 19.2 Å². The van der Waals surface area contributed by atoms with Crippen LogP contribution < -0.4 is 15.6 Å². The van der Waals surface area contributed by atoms with Crippen LogP contribution in [0.3, 0.4) is 0 Å². The predicted octanol–water partition coefficient (Wildman–Crippen LogP) is 6.82. The van der Waals surface area contributed by atoms with Crippen LogP contribution in [0.5, 0.6) is 5.75 Å². The molecular formula is C45H46ClN5O5. The van der Waals surface area contributed by atoms with Gasteiger partial charge >= 0.3 is 0 Å². The number of ether oxygens (including phenoxy) is 1. The van der Waals surface area contributed by atoms with Crippen LogP contribution in [0.2, 0.25) is 5.02 Å². The highest BCUT2D eigenvalue weighted by molar-refractivity contribution is 6.35. The molecule has 1 N–H and O–H groups in total. The molecule has 56 heavy (non-hydrogen) atoms. The van der Waals surface area contributed by atoms with Crippen molar-refractivity contribution in [1.29, 1.82) is 0 Å². The average Bonchev–Trinajstić information content (AvgIpc) is 3.83. The smallest absolute Gasteiger partial charge is 0.282 e. The molecule has 4 aromatic rings. The molecule has 2 saturated carbocycles. The van der Waals surface area contributed by atoms with Crippen molar-refractivity contribution >= 4 is 40.2 Å². The molecule has 3 aromatic carbocycles. The second-order valence-electron chi connectivity index (χ2n) is 17.6. The molecule has 6 heterocycles. The number of carbonyl (C=O) groups excluding carboxylic acids is 3. The Labute approximate surface area is 330 Å². The lowest BCUT2D eigenvalue weighted by atomic mass is 9.69. The molecule has 1 atom stereocenters. The summed E-state index contributed by atoms with van der Waals surface area (Å²) in [6, 6.07) is 16.8. The van der Waals surface area contributed by atoms with E-state index < -0.39 is 6.04 Å². The first-order valence-corrected chi connectivity index (χ1v) is 21.2. The Bertz CT molecular complexity index is 2420. The number of benzene rings is 3. The number of hydrogen-bond acceptors (Lipinski definition) is 7. The highest BCUT2D eigenvalue weighted by Crippen LogP contribution is 2.54. The number of carbonyl (C=O) groups is 3. The van der Waals surface area contributed by atoms with Gasteiger partial charge in [-0.05, 0) is 112 Å². The monoisotopic (exact) mass is 771 g/mol. The third kappa shape index (κ3) is 5.00. The van der Waals surface area contributed by atoms with Crippen LogP contribution in [0.25, 0.3) is 16.6 Å². The number of rotatable bonds is 3. The number of fused-ring (bicyclic) bond motifs is 11. The summed E-state index contributed by atoms with van der Waals surface area (Å²) in [5.41, 5.74) is 6.98. The molecule has 0 bridgehead atoms. The first-order chi connectivity index (χ1) is 27.2. The minimum absolute atomic E-state index is 0.0589. The number of nitrogens with one attached hydrogen (secondary N) is 1. The van der Waals surface area contributed by atoms with Gasteiger partial charge in [-0.2, -0.15) is 4.98 Å². The molecule has 7 aliphatic rings. The summed E-state index contributed by atoms with van der Waals surface area (Å²) < 4.78 is 8.69. The molecule has 4 fully saturated rings. The molecule has 2 saturated heterocycles. The standard InChI is InChI=1S/C45H46ClN5O5/c46-33-5-4-6-35-38(33)41(54)48-43-45(17-2-1-3-18-45)32-23-27(9-14-34(32)51(35)43)26-7-10-28(11-8-26)49-21-19-44(20-22-49)25-56-39-30-24-50(36-15-16-37(52)47-40(36)53)42(55)29(30)12-13-31(39)44/h4-6,9,12-14,23,26,28,36H,1-3,7-8,10-11,15-22,24-25H2,(H,47,52,53)/t26?,28?,36-/m0/s1. The molecule has 0 unspecified atom stereocenters. The maximum absolute atomic E-state index is 13.4. The van der Waals surface area contributed by atoms with E-state index in [1.165, 1.54) is 36.0 Å². The topological polar surface area (TPSA) is 114 Å². The second kappa shape index (κ2) is 12.7. The average molecular weight is 772 g/mol. The Morgan fingerprint density at radius 1 is 0.857 bits per heavy atom. The molecule has 5 aliphatic heterocycles. The molecule has 11 heteroatoms. The van der Waals surface area contributed by atoms with E-state index in [0.717, 1.165) is 92.8 Å². The lowest BCUT2D eigenvalue weighted by Gasteiger charge is -2.44. The van der Waals surface area contributed by atoms with E-state index >= 15 is 0 Å². The van der Waals surface area contributed by atoms with Gasteiger partial charge in [0.15, 0.2) is 0 Å². The molecule has 1 aromatic heterocycles. The van der Waals surface area contributed by atoms with Gasteiger partial charge in [0, 0.05) is 34.6 Å². The Morgan fingerprint density at radius 3 is 2.45 bits per heavy atom. The van der Waals surface area contributed by atoms with Gasteiger partial charge in [-0.1, -0.05) is 55.1 Å². The van der Waals surface area contributed by atoms with Crippen LogP contribution in [0.15, 0.2) is 53.3 Å². The van der Waals surface area contributed by atoms with Gasteiger partial charge in [0.2, 0.25) is 11.8 Å². The summed E-state index contributed by atoms with van der Waals surface area (Å²) in [5, 5.41) is 3.37. The number of piperidine rings is 2. The fourth-order valence-electron chi connectivity index (χ4n) is 11.9. The number of amides is 3. The summed E-state index contributed by atoms with van der Waals surface area (Å²) in [7, 11) is 0. The van der Waals surface area contributed by atoms with Crippen LogP contribution in [-0.2, 0) is 27.0 Å². The molecule has 10 nitrogen and oxygen atoms in total. The zero-order valence-corrected chi connectivity index (χ0v) is 32.3. The fourth-order valence-corrected chi connectivity index (χ4v) is 12.2. The van der Waals surface area contributed by atoms with Crippen molar-refractivity contribution in [2.24, 2.45) is 0 Å². The van der Waals surface area contributed by atoms with Gasteiger partial charge in [-0.3, -0.25) is 29.1 Å². The van der Waals surface area contributed by atoms with Crippen LogP contribution >= 0.6 is 11.6 Å². The highest BCUT2D eigenvalue weighted by Gasteiger charge is 2.49. The SMILES string of the molecule is O=C1CC[C@H](N2Cc3c(ccc4c3OCC43CCN(C4CCC(c5ccc6c(c5)C5(CCCCC5)c5nc(=O)c7c(Cl)cccc7n5-6)CC4)CC3)C2=O)C(=O)N1. The normalized spacial score (nSPS) is 26.3. The summed E-state index contributed by atoms with van der Waals surface area (Å²) >= 11 is 6.58. The van der Waals surface area contributed by atoms with Crippen LogP contribution in [-0.4, -0.2) is 68.9 Å². The van der Waals surface area contributed by atoms with Crippen molar-refractivity contribution in [2.75, 3.05) is 19.7 Å². The van der Waals surface area contributed by atoms with E-state index in [-0.39, 0.29) is 40.5 Å². The van der Waals surface area contributed by atoms with Crippen molar-refractivity contribution in [3.05, 3.63) is 97.5 Å². The Morgan fingerprint density at radius 2 is 1.66 bits per heavy atom. The highest BCUT2D eigenvalue weighted by atomic mass is 35.5. The molecule has 0 radical (unpaired) electrons. The zero-order chi connectivity index (χ0) is 37.9. The van der Waals surface area contributed by atoms with Crippen molar-refractivity contribution in [1.82, 2.24) is 24.7 Å². The third-order valence-corrected chi connectivity index (χ3v) is 15.3. The summed E-state index contributed by atoms with van der Waals surface area (Å²) in [5.74, 6) is 1.43. The predicted molar refractivity (Wildman–Crippen MR) is 212 cm³/mol. The fraction of sp³-hybridized carbons (Fsp3) is 0.489. The van der Waals surface area contributed by atoms with Gasteiger partial charge in [0.05, 0.1) is 40.2 Å². The summed E-state index contributed by atoms with van der Waals surface area (Å²) in [6.45, 7) is 3.03. The maximum Gasteiger partial charge on any atom is 0.282 e. The van der Waals surface area contributed by atoms with Gasteiger partial charge in [-0.15, -0.1) is 0 Å². The Balaban J connectivity index is 0.786. The molecule has 11 rings (SSSR count). The van der Waals surface area contributed by atoms with Gasteiger partial charge in [-0.25, -0.2) is 0 Å². The van der Waals surface area contributed by atoms with Crippen LogP contribution in [0, 0.1) is 0 Å². The Kier molecular flexibility index (Phi) is 7.89. The maximum atomic E-state index is 13.4. The first-order valence-electron chi connectivity index (χ1n) is 20.8. The second-order valence-corrected chi connectivity index (χ2v) is 18.0. The minimum Gasteiger partial charge on any atom is -0.492 e. The number of hydrogen-bond donors (Lipinski definition) is 1. The molecule has 3 amide bonds. The lowest BCUT2D eigenvalue weighted by Crippen LogP contribution is -2.52. The first kappa shape index (κ1) is 34.7.